The van der Waals surface area contributed by atoms with E-state index in [0.717, 1.165) is 37.3 Å². The molecule has 0 radical (unpaired) electrons. The van der Waals surface area contributed by atoms with Crippen LogP contribution < -0.4 is 5.56 Å². The Bertz CT molecular complexity index is 789. The molecular weight excluding hydrogens is 328 g/mol. The first kappa shape index (κ1) is 17.5. The van der Waals surface area contributed by atoms with Crippen molar-refractivity contribution < 1.29 is 9.84 Å². The number of β-amino-alcohol motifs (C(OH)–C–C–N with tert-alkyl or cyclic N) is 1. The average Bonchev–Trinajstić information content (AvgIpc) is 2.63. The number of fused-ring (bicyclic) bond motifs is 4. The third-order valence-corrected chi connectivity index (χ3v) is 5.45. The van der Waals surface area contributed by atoms with Crippen molar-refractivity contribution in [2.75, 3.05) is 26.2 Å². The largest absolute Gasteiger partial charge is 0.389 e. The first-order valence-corrected chi connectivity index (χ1v) is 9.41. The number of aliphatic hydroxyl groups is 1. The molecule has 138 valence electrons. The SMILES string of the molecule is O=c1cccc2n1C[C@H]1C[C@@H]2CN(C[C@@H](O)COCc2ccccc2)C1. The molecule has 1 aromatic carbocycles. The summed E-state index contributed by atoms with van der Waals surface area (Å²) in [5, 5.41) is 10.4. The van der Waals surface area contributed by atoms with Gasteiger partial charge in [-0.25, -0.2) is 0 Å². The van der Waals surface area contributed by atoms with Crippen molar-refractivity contribution in [2.24, 2.45) is 5.92 Å². The second-order valence-corrected chi connectivity index (χ2v) is 7.57. The van der Waals surface area contributed by atoms with Crippen LogP contribution in [0.1, 0.15) is 23.6 Å². The number of likely N-dealkylation sites (tertiary alicyclic amines) is 1. The van der Waals surface area contributed by atoms with Crippen LogP contribution in [0, 0.1) is 5.92 Å². The van der Waals surface area contributed by atoms with Gasteiger partial charge in [0.2, 0.25) is 0 Å². The first-order chi connectivity index (χ1) is 12.7. The van der Waals surface area contributed by atoms with Gasteiger partial charge in [0.15, 0.2) is 0 Å². The highest BCUT2D eigenvalue weighted by atomic mass is 16.5. The molecule has 5 heteroatoms. The molecule has 1 aromatic heterocycles. The molecule has 1 N–H and O–H groups in total. The lowest BCUT2D eigenvalue weighted by Crippen LogP contribution is -2.49. The Labute approximate surface area is 153 Å². The van der Waals surface area contributed by atoms with Crippen molar-refractivity contribution in [1.82, 2.24) is 9.47 Å². The zero-order valence-electron chi connectivity index (χ0n) is 15.0. The maximum Gasteiger partial charge on any atom is 0.250 e. The third-order valence-electron chi connectivity index (χ3n) is 5.45. The smallest absolute Gasteiger partial charge is 0.250 e. The van der Waals surface area contributed by atoms with Crippen LogP contribution in [0.15, 0.2) is 53.3 Å². The number of nitrogens with zero attached hydrogens (tertiary/aromatic N) is 2. The maximum atomic E-state index is 12.1. The Kier molecular flexibility index (Phi) is 5.20. The molecule has 2 aliphatic rings. The standard InChI is InChI=1S/C21H26N2O3/c24-19(15-26-14-16-5-2-1-3-6-16)13-22-10-17-9-18(12-22)20-7-4-8-21(25)23(20)11-17/h1-8,17-19,24H,9-15H2/t17-,18+,19+/m0/s1. The highest BCUT2D eigenvalue weighted by Crippen LogP contribution is 2.34. The van der Waals surface area contributed by atoms with Gasteiger partial charge < -0.3 is 14.4 Å². The van der Waals surface area contributed by atoms with Gasteiger partial charge in [-0.15, -0.1) is 0 Å². The Morgan fingerprint density at radius 1 is 1.08 bits per heavy atom. The van der Waals surface area contributed by atoms with E-state index in [2.05, 4.69) is 11.0 Å². The van der Waals surface area contributed by atoms with Gasteiger partial charge in [-0.1, -0.05) is 36.4 Å². The van der Waals surface area contributed by atoms with Gasteiger partial charge in [-0.05, 0) is 24.0 Å². The zero-order chi connectivity index (χ0) is 17.9. The Morgan fingerprint density at radius 3 is 2.77 bits per heavy atom. The van der Waals surface area contributed by atoms with E-state index in [-0.39, 0.29) is 5.56 Å². The number of aliphatic hydroxyl groups excluding tert-OH is 1. The molecular formula is C21H26N2O3. The minimum absolute atomic E-state index is 0.111. The molecule has 2 aromatic rings. The van der Waals surface area contributed by atoms with Gasteiger partial charge in [0.1, 0.15) is 0 Å². The number of ether oxygens (including phenoxy) is 1. The van der Waals surface area contributed by atoms with Crippen LogP contribution in [-0.4, -0.2) is 46.9 Å². The molecule has 2 bridgehead atoms. The van der Waals surface area contributed by atoms with Crippen molar-refractivity contribution in [1.29, 1.82) is 0 Å². The summed E-state index contributed by atoms with van der Waals surface area (Å²) in [4.78, 5) is 14.4. The van der Waals surface area contributed by atoms with E-state index >= 15 is 0 Å². The Hall–Kier alpha value is -1.95. The second-order valence-electron chi connectivity index (χ2n) is 7.57. The van der Waals surface area contributed by atoms with Gasteiger partial charge in [-0.2, -0.15) is 0 Å². The number of pyridine rings is 1. The number of piperidine rings is 1. The number of hydrogen-bond donors (Lipinski definition) is 1. The molecule has 1 saturated heterocycles. The molecule has 0 spiro atoms. The average molecular weight is 354 g/mol. The molecule has 5 nitrogen and oxygen atoms in total. The molecule has 2 aliphatic heterocycles. The molecule has 4 rings (SSSR count). The van der Waals surface area contributed by atoms with Gasteiger partial charge in [-0.3, -0.25) is 9.69 Å². The number of aromatic nitrogens is 1. The van der Waals surface area contributed by atoms with Crippen LogP contribution >= 0.6 is 0 Å². The van der Waals surface area contributed by atoms with E-state index in [4.69, 9.17) is 4.74 Å². The summed E-state index contributed by atoms with van der Waals surface area (Å²) in [5.41, 5.74) is 2.38. The van der Waals surface area contributed by atoms with E-state index in [1.807, 2.05) is 41.0 Å². The molecule has 1 fully saturated rings. The summed E-state index contributed by atoms with van der Waals surface area (Å²) in [5.74, 6) is 0.868. The number of hydrogen-bond acceptors (Lipinski definition) is 4. The van der Waals surface area contributed by atoms with Crippen LogP contribution in [0.4, 0.5) is 0 Å². The Morgan fingerprint density at radius 2 is 1.92 bits per heavy atom. The summed E-state index contributed by atoms with van der Waals surface area (Å²) in [6, 6.07) is 15.6. The second kappa shape index (κ2) is 7.74. The fraction of sp³-hybridized carbons (Fsp3) is 0.476. The molecule has 26 heavy (non-hydrogen) atoms. The van der Waals surface area contributed by atoms with Gasteiger partial charge in [0.25, 0.3) is 5.56 Å². The highest BCUT2D eigenvalue weighted by molar-refractivity contribution is 5.17. The fourth-order valence-corrected chi connectivity index (χ4v) is 4.38. The minimum atomic E-state index is -0.490. The molecule has 3 heterocycles. The summed E-state index contributed by atoms with van der Waals surface area (Å²) >= 11 is 0. The predicted molar refractivity (Wildman–Crippen MR) is 100 cm³/mol. The van der Waals surface area contributed by atoms with Crippen LogP contribution in [0.3, 0.4) is 0 Å². The molecule has 0 aliphatic carbocycles. The predicted octanol–water partition coefficient (Wildman–Crippen LogP) is 1.85. The number of benzene rings is 1. The van der Waals surface area contributed by atoms with Gasteiger partial charge in [0.05, 0.1) is 19.3 Å². The van der Waals surface area contributed by atoms with Crippen LogP contribution in [0.2, 0.25) is 0 Å². The van der Waals surface area contributed by atoms with Gasteiger partial charge in [0, 0.05) is 43.9 Å². The molecule has 0 amide bonds. The summed E-state index contributed by atoms with van der Waals surface area (Å²) < 4.78 is 7.61. The highest BCUT2D eigenvalue weighted by Gasteiger charge is 2.34. The van der Waals surface area contributed by atoms with Crippen molar-refractivity contribution in [3.8, 4) is 0 Å². The summed E-state index contributed by atoms with van der Waals surface area (Å²) in [7, 11) is 0. The summed E-state index contributed by atoms with van der Waals surface area (Å²) in [6.45, 7) is 4.13. The third kappa shape index (κ3) is 3.90. The zero-order valence-corrected chi connectivity index (χ0v) is 15.0. The van der Waals surface area contributed by atoms with Gasteiger partial charge >= 0.3 is 0 Å². The lowest BCUT2D eigenvalue weighted by atomic mass is 9.83. The molecule has 3 atom stereocenters. The first-order valence-electron chi connectivity index (χ1n) is 9.41. The Balaban J connectivity index is 1.30. The van der Waals surface area contributed by atoms with Crippen molar-refractivity contribution >= 4 is 0 Å². The molecule has 0 saturated carbocycles. The quantitative estimate of drug-likeness (QED) is 0.860. The van der Waals surface area contributed by atoms with Crippen molar-refractivity contribution in [3.05, 3.63) is 70.1 Å². The van der Waals surface area contributed by atoms with E-state index in [1.165, 1.54) is 0 Å². The lowest BCUT2D eigenvalue weighted by molar-refractivity contribution is -0.00248. The van der Waals surface area contributed by atoms with Crippen LogP contribution in [0.25, 0.3) is 0 Å². The minimum Gasteiger partial charge on any atom is -0.389 e. The number of rotatable bonds is 6. The van der Waals surface area contributed by atoms with E-state index < -0.39 is 6.10 Å². The monoisotopic (exact) mass is 354 g/mol. The molecule has 0 unspecified atom stereocenters. The van der Waals surface area contributed by atoms with Crippen molar-refractivity contribution in [3.63, 3.8) is 0 Å². The normalized spacial score (nSPS) is 23.4. The van der Waals surface area contributed by atoms with E-state index in [0.29, 0.717) is 31.6 Å². The summed E-state index contributed by atoms with van der Waals surface area (Å²) in [6.07, 6.45) is 0.649. The van der Waals surface area contributed by atoms with Crippen LogP contribution in [-0.2, 0) is 17.9 Å². The fourth-order valence-electron chi connectivity index (χ4n) is 4.38. The van der Waals surface area contributed by atoms with Crippen molar-refractivity contribution in [2.45, 2.75) is 31.6 Å². The van der Waals surface area contributed by atoms with E-state index in [1.54, 1.807) is 6.07 Å². The van der Waals surface area contributed by atoms with Crippen LogP contribution in [0.5, 0.6) is 0 Å². The lowest BCUT2D eigenvalue weighted by Gasteiger charge is -2.43. The van der Waals surface area contributed by atoms with E-state index in [9.17, 15) is 9.90 Å². The topological polar surface area (TPSA) is 54.7 Å². The maximum absolute atomic E-state index is 12.1.